The number of benzene rings is 2. The van der Waals surface area contributed by atoms with Crippen LogP contribution in [0.25, 0.3) is 0 Å². The Morgan fingerprint density at radius 1 is 1.03 bits per heavy atom. The Morgan fingerprint density at radius 2 is 1.69 bits per heavy atom. The third-order valence-corrected chi connectivity index (χ3v) is 5.42. The number of esters is 2. The Morgan fingerprint density at radius 3 is 2.34 bits per heavy atom. The topological polar surface area (TPSA) is 65.1 Å². The van der Waals surface area contributed by atoms with Gasteiger partial charge in [-0.05, 0) is 32.4 Å². The summed E-state index contributed by atoms with van der Waals surface area (Å²) in [6, 6.07) is 17.0. The van der Waals surface area contributed by atoms with Gasteiger partial charge in [-0.25, -0.2) is 5.06 Å². The highest BCUT2D eigenvalue weighted by Crippen LogP contribution is 2.59. The van der Waals surface area contributed by atoms with Crippen molar-refractivity contribution in [2.45, 2.75) is 44.9 Å². The molecular weight excluding hydrogens is 370 g/mol. The van der Waals surface area contributed by atoms with Crippen molar-refractivity contribution in [1.82, 2.24) is 0 Å². The SMILES string of the molecule is COC(=O)[C@@]1(C(=O)OC(C)(C)C)C[C@@H](c2ccccc2)N2O[C@H]1c1ccccc12. The summed E-state index contributed by atoms with van der Waals surface area (Å²) >= 11 is 0. The second-order valence-electron chi connectivity index (χ2n) is 8.47. The van der Waals surface area contributed by atoms with E-state index in [4.69, 9.17) is 14.3 Å². The standard InChI is InChI=1S/C23H25NO5/c1-22(2,3)28-21(26)23(20(25)27-4)14-18(15-10-6-5-7-11-15)24-17-13-9-8-12-16(17)19(23)29-24/h5-13,18-19H,14H2,1-4H3/t18-,19-,23+/m0/s1. The number of para-hydroxylation sites is 1. The summed E-state index contributed by atoms with van der Waals surface area (Å²) in [5, 5.41) is 1.81. The summed E-state index contributed by atoms with van der Waals surface area (Å²) in [5.74, 6) is -1.27. The van der Waals surface area contributed by atoms with Crippen LogP contribution in [0.4, 0.5) is 5.69 Å². The fourth-order valence-corrected chi connectivity index (χ4v) is 4.17. The average molecular weight is 395 g/mol. The number of hydroxylamine groups is 1. The summed E-state index contributed by atoms with van der Waals surface area (Å²) in [5.41, 5.74) is 0.212. The number of nitrogens with zero attached hydrogens (tertiary/aromatic N) is 1. The first-order valence-corrected chi connectivity index (χ1v) is 9.69. The lowest BCUT2D eigenvalue weighted by Crippen LogP contribution is -2.53. The van der Waals surface area contributed by atoms with Crippen LogP contribution < -0.4 is 5.06 Å². The predicted octanol–water partition coefficient (Wildman–Crippen LogP) is 4.13. The Balaban J connectivity index is 1.90. The zero-order valence-corrected chi connectivity index (χ0v) is 17.0. The second kappa shape index (κ2) is 6.88. The first-order valence-electron chi connectivity index (χ1n) is 9.69. The molecule has 3 atom stereocenters. The van der Waals surface area contributed by atoms with E-state index in [9.17, 15) is 9.59 Å². The molecule has 6 nitrogen and oxygen atoms in total. The Hall–Kier alpha value is -2.86. The van der Waals surface area contributed by atoms with Crippen LogP contribution in [0.15, 0.2) is 54.6 Å². The first-order chi connectivity index (χ1) is 13.8. The molecule has 6 heteroatoms. The number of rotatable bonds is 3. The third kappa shape index (κ3) is 3.08. The van der Waals surface area contributed by atoms with Gasteiger partial charge in [0.15, 0.2) is 5.41 Å². The van der Waals surface area contributed by atoms with E-state index < -0.39 is 29.1 Å². The minimum atomic E-state index is -1.61. The molecule has 0 spiro atoms. The van der Waals surface area contributed by atoms with Crippen molar-refractivity contribution >= 4 is 17.6 Å². The maximum Gasteiger partial charge on any atom is 0.327 e. The van der Waals surface area contributed by atoms with Gasteiger partial charge in [0.25, 0.3) is 0 Å². The van der Waals surface area contributed by atoms with E-state index >= 15 is 0 Å². The molecule has 2 heterocycles. The van der Waals surface area contributed by atoms with Crippen molar-refractivity contribution in [3.8, 4) is 0 Å². The van der Waals surface area contributed by atoms with Crippen molar-refractivity contribution in [3.63, 3.8) is 0 Å². The van der Waals surface area contributed by atoms with Gasteiger partial charge in [-0.15, -0.1) is 0 Å². The van der Waals surface area contributed by atoms with Crippen LogP contribution in [0.5, 0.6) is 0 Å². The third-order valence-electron chi connectivity index (χ3n) is 5.42. The van der Waals surface area contributed by atoms with E-state index in [1.165, 1.54) is 7.11 Å². The molecule has 0 aliphatic carbocycles. The zero-order valence-electron chi connectivity index (χ0n) is 17.0. The molecule has 0 amide bonds. The minimum absolute atomic E-state index is 0.192. The average Bonchev–Trinajstić information content (AvgIpc) is 3.03. The van der Waals surface area contributed by atoms with Crippen LogP contribution in [0, 0.1) is 5.41 Å². The maximum atomic E-state index is 13.5. The van der Waals surface area contributed by atoms with E-state index in [0.717, 1.165) is 16.8 Å². The fraction of sp³-hybridized carbons (Fsp3) is 0.391. The van der Waals surface area contributed by atoms with Crippen LogP contribution >= 0.6 is 0 Å². The molecule has 2 bridgehead atoms. The Labute approximate surface area is 170 Å². The largest absolute Gasteiger partial charge is 0.468 e. The predicted molar refractivity (Wildman–Crippen MR) is 107 cm³/mol. The van der Waals surface area contributed by atoms with E-state index in [-0.39, 0.29) is 12.5 Å². The molecule has 2 aromatic rings. The van der Waals surface area contributed by atoms with Crippen molar-refractivity contribution in [2.75, 3.05) is 12.2 Å². The maximum absolute atomic E-state index is 13.5. The Kier molecular flexibility index (Phi) is 4.62. The number of hydrogen-bond acceptors (Lipinski definition) is 6. The van der Waals surface area contributed by atoms with Crippen molar-refractivity contribution in [2.24, 2.45) is 5.41 Å². The molecule has 0 N–H and O–H groups in total. The molecule has 1 fully saturated rings. The molecule has 2 aliphatic heterocycles. The van der Waals surface area contributed by atoms with Crippen LogP contribution in [-0.4, -0.2) is 24.6 Å². The van der Waals surface area contributed by atoms with Gasteiger partial charge in [0.1, 0.15) is 11.7 Å². The van der Waals surface area contributed by atoms with E-state index in [1.807, 2.05) is 54.6 Å². The van der Waals surface area contributed by atoms with Crippen LogP contribution in [0.1, 0.15) is 50.5 Å². The number of fused-ring (bicyclic) bond motifs is 5. The lowest BCUT2D eigenvalue weighted by atomic mass is 9.73. The summed E-state index contributed by atoms with van der Waals surface area (Å²) in [6.45, 7) is 5.34. The number of carbonyl (C=O) groups is 2. The van der Waals surface area contributed by atoms with Crippen LogP contribution in [0.2, 0.25) is 0 Å². The minimum Gasteiger partial charge on any atom is -0.468 e. The molecule has 0 aromatic heterocycles. The highest BCUT2D eigenvalue weighted by molar-refractivity contribution is 6.02. The van der Waals surface area contributed by atoms with Gasteiger partial charge in [0, 0.05) is 12.0 Å². The highest BCUT2D eigenvalue weighted by atomic mass is 16.7. The molecule has 1 saturated heterocycles. The molecule has 4 rings (SSSR count). The van der Waals surface area contributed by atoms with Gasteiger partial charge in [-0.3, -0.25) is 14.4 Å². The molecule has 0 unspecified atom stereocenters. The normalized spacial score (nSPS) is 25.3. The van der Waals surface area contributed by atoms with Gasteiger partial charge in [-0.2, -0.15) is 0 Å². The molecule has 29 heavy (non-hydrogen) atoms. The quantitative estimate of drug-likeness (QED) is 0.575. The summed E-state index contributed by atoms with van der Waals surface area (Å²) in [7, 11) is 1.29. The van der Waals surface area contributed by atoms with Gasteiger partial charge < -0.3 is 9.47 Å². The van der Waals surface area contributed by atoms with Crippen molar-refractivity contribution in [3.05, 3.63) is 65.7 Å². The summed E-state index contributed by atoms with van der Waals surface area (Å²) in [6.07, 6.45) is -0.612. The molecule has 0 radical (unpaired) electrons. The second-order valence-corrected chi connectivity index (χ2v) is 8.47. The fourth-order valence-electron chi connectivity index (χ4n) is 4.17. The van der Waals surface area contributed by atoms with Crippen molar-refractivity contribution in [1.29, 1.82) is 0 Å². The summed E-state index contributed by atoms with van der Waals surface area (Å²) < 4.78 is 10.9. The lowest BCUT2D eigenvalue weighted by Gasteiger charge is -2.43. The lowest BCUT2D eigenvalue weighted by molar-refractivity contribution is -0.200. The van der Waals surface area contributed by atoms with Gasteiger partial charge in [-0.1, -0.05) is 48.5 Å². The molecular formula is C23H25NO5. The van der Waals surface area contributed by atoms with E-state index in [1.54, 1.807) is 25.8 Å². The number of ether oxygens (including phenoxy) is 2. The monoisotopic (exact) mass is 395 g/mol. The smallest absolute Gasteiger partial charge is 0.327 e. The number of hydrogen-bond donors (Lipinski definition) is 0. The number of carbonyl (C=O) groups excluding carboxylic acids is 2. The molecule has 2 aliphatic rings. The van der Waals surface area contributed by atoms with Gasteiger partial charge in [0.2, 0.25) is 0 Å². The number of anilines is 1. The van der Waals surface area contributed by atoms with E-state index in [0.29, 0.717) is 0 Å². The molecule has 2 aromatic carbocycles. The van der Waals surface area contributed by atoms with Crippen molar-refractivity contribution < 1.29 is 23.9 Å². The zero-order chi connectivity index (χ0) is 20.8. The van der Waals surface area contributed by atoms with Gasteiger partial charge in [0.05, 0.1) is 18.8 Å². The number of methoxy groups -OCH3 is 1. The molecule has 152 valence electrons. The highest BCUT2D eigenvalue weighted by Gasteiger charge is 2.65. The van der Waals surface area contributed by atoms with E-state index in [2.05, 4.69) is 0 Å². The first kappa shape index (κ1) is 19.5. The van der Waals surface area contributed by atoms with Crippen LogP contribution in [-0.2, 0) is 23.9 Å². The summed E-state index contributed by atoms with van der Waals surface area (Å²) in [4.78, 5) is 32.9. The van der Waals surface area contributed by atoms with Crippen LogP contribution in [0.3, 0.4) is 0 Å². The Bertz CT molecular complexity index is 936. The molecule has 0 saturated carbocycles. The van der Waals surface area contributed by atoms with Gasteiger partial charge >= 0.3 is 11.9 Å².